The summed E-state index contributed by atoms with van der Waals surface area (Å²) in [6.45, 7) is 1.39. The van der Waals surface area contributed by atoms with E-state index >= 15 is 0 Å². The number of carbonyl (C=O) groups excluding carboxylic acids is 1. The van der Waals surface area contributed by atoms with Crippen LogP contribution in [0.15, 0.2) is 18.2 Å². The highest BCUT2D eigenvalue weighted by Crippen LogP contribution is 2.36. The monoisotopic (exact) mass is 271 g/mol. The van der Waals surface area contributed by atoms with Crippen molar-refractivity contribution in [1.29, 1.82) is 0 Å². The van der Waals surface area contributed by atoms with Crippen LogP contribution in [0.1, 0.15) is 5.56 Å². The Hall–Kier alpha value is -1.73. The van der Waals surface area contributed by atoms with Gasteiger partial charge in [-0.25, -0.2) is 4.39 Å². The number of alkyl halides is 5. The normalized spacial score (nSPS) is 12.4. The molecule has 0 saturated heterocycles. The van der Waals surface area contributed by atoms with Crippen molar-refractivity contribution >= 4 is 11.6 Å². The first-order chi connectivity index (χ1) is 8.04. The lowest BCUT2D eigenvalue weighted by Crippen LogP contribution is -2.47. The first-order valence-electron chi connectivity index (χ1n) is 4.57. The Morgan fingerprint density at radius 1 is 1.11 bits per heavy atom. The van der Waals surface area contributed by atoms with Crippen LogP contribution in [-0.4, -0.2) is 18.0 Å². The highest BCUT2D eigenvalue weighted by molar-refractivity contribution is 5.96. The minimum atomic E-state index is -6.00. The van der Waals surface area contributed by atoms with E-state index in [4.69, 9.17) is 0 Å². The van der Waals surface area contributed by atoms with Gasteiger partial charge in [-0.3, -0.25) is 4.79 Å². The molecule has 1 amide bonds. The zero-order valence-corrected chi connectivity index (χ0v) is 8.91. The summed E-state index contributed by atoms with van der Waals surface area (Å²) in [6.07, 6.45) is -6.00. The second kappa shape index (κ2) is 4.51. The quantitative estimate of drug-likeness (QED) is 0.822. The summed E-state index contributed by atoms with van der Waals surface area (Å²) < 4.78 is 73.6. The topological polar surface area (TPSA) is 29.1 Å². The first-order valence-corrected chi connectivity index (χ1v) is 4.57. The van der Waals surface area contributed by atoms with Gasteiger partial charge < -0.3 is 5.32 Å². The lowest BCUT2D eigenvalue weighted by atomic mass is 10.2. The first kappa shape index (κ1) is 14.3. The molecule has 8 heteroatoms. The summed E-state index contributed by atoms with van der Waals surface area (Å²) in [5.74, 6) is -8.95. The average Bonchev–Trinajstić information content (AvgIpc) is 2.13. The van der Waals surface area contributed by atoms with E-state index in [-0.39, 0.29) is 5.56 Å². The van der Waals surface area contributed by atoms with Gasteiger partial charge in [0.15, 0.2) is 0 Å². The maximum atomic E-state index is 12.8. The lowest BCUT2D eigenvalue weighted by Gasteiger charge is -2.18. The van der Waals surface area contributed by atoms with Crippen LogP contribution >= 0.6 is 0 Å². The van der Waals surface area contributed by atoms with Crippen LogP contribution in [0.5, 0.6) is 0 Å². The Labute approximate surface area is 97.6 Å². The van der Waals surface area contributed by atoms with Crippen molar-refractivity contribution < 1.29 is 31.1 Å². The molecule has 0 heterocycles. The van der Waals surface area contributed by atoms with E-state index in [9.17, 15) is 31.1 Å². The fourth-order valence-electron chi connectivity index (χ4n) is 1.15. The van der Waals surface area contributed by atoms with E-state index in [1.54, 1.807) is 0 Å². The number of anilines is 1. The molecule has 0 atom stereocenters. The number of hydrogen-bond acceptors (Lipinski definition) is 1. The molecule has 0 fully saturated rings. The van der Waals surface area contributed by atoms with E-state index in [0.717, 1.165) is 12.1 Å². The van der Waals surface area contributed by atoms with Crippen molar-refractivity contribution in [3.05, 3.63) is 29.6 Å². The highest BCUT2D eigenvalue weighted by Gasteiger charge is 2.63. The van der Waals surface area contributed by atoms with Gasteiger partial charge in [-0.05, 0) is 30.7 Å². The van der Waals surface area contributed by atoms with Crippen LogP contribution in [0.25, 0.3) is 0 Å². The average molecular weight is 271 g/mol. The molecule has 0 saturated carbocycles. The summed E-state index contributed by atoms with van der Waals surface area (Å²) >= 11 is 0. The van der Waals surface area contributed by atoms with Crippen molar-refractivity contribution in [2.45, 2.75) is 19.0 Å². The molecule has 0 aliphatic carbocycles. The Morgan fingerprint density at radius 3 is 2.11 bits per heavy atom. The predicted molar refractivity (Wildman–Crippen MR) is 50.8 cm³/mol. The van der Waals surface area contributed by atoms with Crippen molar-refractivity contribution in [2.24, 2.45) is 0 Å². The third-order valence-corrected chi connectivity index (χ3v) is 1.94. The van der Waals surface area contributed by atoms with Gasteiger partial charge in [0.2, 0.25) is 0 Å². The summed E-state index contributed by atoms with van der Waals surface area (Å²) in [5.41, 5.74) is -0.206. The predicted octanol–water partition coefficient (Wildman–Crippen LogP) is 3.27. The molecular formula is C10H7F6NO. The maximum Gasteiger partial charge on any atom is 0.463 e. The molecule has 1 aromatic carbocycles. The van der Waals surface area contributed by atoms with Crippen LogP contribution in [0.4, 0.5) is 32.0 Å². The van der Waals surface area contributed by atoms with Gasteiger partial charge in [-0.1, -0.05) is 0 Å². The number of aryl methyl sites for hydroxylation is 1. The molecule has 1 rings (SSSR count). The summed E-state index contributed by atoms with van der Waals surface area (Å²) in [4.78, 5) is 10.8. The number of benzene rings is 1. The second-order valence-electron chi connectivity index (χ2n) is 3.54. The van der Waals surface area contributed by atoms with E-state index in [1.165, 1.54) is 12.2 Å². The Balaban J connectivity index is 2.95. The molecule has 0 aromatic heterocycles. The number of carbonyl (C=O) groups is 1. The number of nitrogens with one attached hydrogen (secondary N) is 1. The van der Waals surface area contributed by atoms with E-state index < -0.39 is 29.5 Å². The number of hydrogen-bond donors (Lipinski definition) is 1. The molecule has 100 valence electrons. The molecule has 0 unspecified atom stereocenters. The lowest BCUT2D eigenvalue weighted by molar-refractivity contribution is -0.267. The fraction of sp³-hybridized carbons (Fsp3) is 0.300. The van der Waals surface area contributed by atoms with Crippen molar-refractivity contribution in [2.75, 3.05) is 5.32 Å². The highest BCUT2D eigenvalue weighted by atomic mass is 19.4. The molecule has 0 bridgehead atoms. The van der Waals surface area contributed by atoms with Gasteiger partial charge in [-0.2, -0.15) is 22.0 Å². The molecule has 0 spiro atoms. The zero-order chi connectivity index (χ0) is 14.1. The largest absolute Gasteiger partial charge is 0.463 e. The van der Waals surface area contributed by atoms with Crippen LogP contribution in [0.3, 0.4) is 0 Å². The minimum Gasteiger partial charge on any atom is -0.320 e. The standard InChI is InChI=1S/C10H7F6NO/c1-5-2-6(11)4-7(3-5)17-8(18)9(12,13)10(14,15)16/h2-4H,1H3,(H,17,18). The molecule has 1 aromatic rings. The SMILES string of the molecule is Cc1cc(F)cc(NC(=O)C(F)(F)C(F)(F)F)c1. The Morgan fingerprint density at radius 2 is 1.67 bits per heavy atom. The molecule has 1 N–H and O–H groups in total. The zero-order valence-electron chi connectivity index (χ0n) is 8.91. The smallest absolute Gasteiger partial charge is 0.320 e. The summed E-state index contributed by atoms with van der Waals surface area (Å²) in [7, 11) is 0. The van der Waals surface area contributed by atoms with Gasteiger partial charge in [0.05, 0.1) is 0 Å². The summed E-state index contributed by atoms with van der Waals surface area (Å²) in [5, 5.41) is 1.32. The maximum absolute atomic E-state index is 12.8. The van der Waals surface area contributed by atoms with Gasteiger partial charge in [0, 0.05) is 5.69 Å². The Bertz CT molecular complexity index is 448. The van der Waals surface area contributed by atoms with Crippen LogP contribution < -0.4 is 5.32 Å². The van der Waals surface area contributed by atoms with Gasteiger partial charge in [-0.15, -0.1) is 0 Å². The van der Waals surface area contributed by atoms with Gasteiger partial charge in [0.25, 0.3) is 0 Å². The molecule has 0 aliphatic rings. The summed E-state index contributed by atoms with van der Waals surface area (Å²) in [6, 6.07) is 2.72. The third kappa shape index (κ3) is 2.93. The van der Waals surface area contributed by atoms with Crippen molar-refractivity contribution in [1.82, 2.24) is 0 Å². The molecule has 2 nitrogen and oxygen atoms in total. The third-order valence-electron chi connectivity index (χ3n) is 1.94. The van der Waals surface area contributed by atoms with E-state index in [2.05, 4.69) is 0 Å². The number of amides is 1. The van der Waals surface area contributed by atoms with Crippen molar-refractivity contribution in [3.63, 3.8) is 0 Å². The Kier molecular flexibility index (Phi) is 3.59. The van der Waals surface area contributed by atoms with Crippen molar-refractivity contribution in [3.8, 4) is 0 Å². The minimum absolute atomic E-state index is 0.264. The van der Waals surface area contributed by atoms with Gasteiger partial charge >= 0.3 is 18.0 Å². The van der Waals surface area contributed by atoms with Crippen LogP contribution in [0, 0.1) is 12.7 Å². The molecule has 0 aliphatic heterocycles. The van der Waals surface area contributed by atoms with Crippen LogP contribution in [-0.2, 0) is 4.79 Å². The number of rotatable bonds is 2. The fourth-order valence-corrected chi connectivity index (χ4v) is 1.15. The second-order valence-corrected chi connectivity index (χ2v) is 3.54. The van der Waals surface area contributed by atoms with E-state index in [0.29, 0.717) is 6.07 Å². The molecule has 0 radical (unpaired) electrons. The molecular weight excluding hydrogens is 264 g/mol. The van der Waals surface area contributed by atoms with Gasteiger partial charge in [0.1, 0.15) is 5.82 Å². The van der Waals surface area contributed by atoms with E-state index in [1.807, 2.05) is 0 Å². The number of halogens is 6. The van der Waals surface area contributed by atoms with Crippen LogP contribution in [0.2, 0.25) is 0 Å². The molecule has 18 heavy (non-hydrogen) atoms.